The Bertz CT molecular complexity index is 934. The standard InChI is InChI=1S/C24H28O4/c1-14-8-7-9-17(15(14)2)21-18-12-16(10-11-20(25)27-6)13-19(24(3,4)5)22(18)28-23(21)26/h7-9,12-13,21H,10-11H2,1-6H3. The maximum Gasteiger partial charge on any atom is 0.323 e. The van der Waals surface area contributed by atoms with Gasteiger partial charge in [0.2, 0.25) is 0 Å². The second-order valence-electron chi connectivity index (χ2n) is 8.53. The predicted molar refractivity (Wildman–Crippen MR) is 109 cm³/mol. The second-order valence-corrected chi connectivity index (χ2v) is 8.53. The van der Waals surface area contributed by atoms with Gasteiger partial charge in [-0.2, -0.15) is 0 Å². The summed E-state index contributed by atoms with van der Waals surface area (Å²) in [5.74, 6) is -0.241. The molecule has 2 aromatic rings. The summed E-state index contributed by atoms with van der Waals surface area (Å²) >= 11 is 0. The molecule has 0 bridgehead atoms. The number of ether oxygens (including phenoxy) is 2. The summed E-state index contributed by atoms with van der Waals surface area (Å²) < 4.78 is 10.6. The van der Waals surface area contributed by atoms with Crippen LogP contribution in [0, 0.1) is 13.8 Å². The van der Waals surface area contributed by atoms with Gasteiger partial charge in [0.15, 0.2) is 0 Å². The topological polar surface area (TPSA) is 52.6 Å². The molecule has 1 heterocycles. The quantitative estimate of drug-likeness (QED) is 0.567. The number of hydrogen-bond donors (Lipinski definition) is 0. The highest BCUT2D eigenvalue weighted by molar-refractivity contribution is 5.91. The molecule has 2 aromatic carbocycles. The highest BCUT2D eigenvalue weighted by Gasteiger charge is 2.39. The van der Waals surface area contributed by atoms with Crippen LogP contribution in [0.2, 0.25) is 0 Å². The van der Waals surface area contributed by atoms with Crippen LogP contribution in [0.1, 0.15) is 66.5 Å². The van der Waals surface area contributed by atoms with Gasteiger partial charge in [0.1, 0.15) is 11.7 Å². The average Bonchev–Trinajstić information content (AvgIpc) is 2.96. The number of carbonyl (C=O) groups is 2. The molecule has 1 aliphatic heterocycles. The van der Waals surface area contributed by atoms with Crippen molar-refractivity contribution >= 4 is 11.9 Å². The van der Waals surface area contributed by atoms with Crippen molar-refractivity contribution in [3.63, 3.8) is 0 Å². The predicted octanol–water partition coefficient (Wildman–Crippen LogP) is 4.76. The van der Waals surface area contributed by atoms with E-state index in [1.54, 1.807) is 0 Å². The molecule has 1 atom stereocenters. The van der Waals surface area contributed by atoms with Crippen molar-refractivity contribution in [1.29, 1.82) is 0 Å². The lowest BCUT2D eigenvalue weighted by molar-refractivity contribution is -0.140. The molecule has 148 valence electrons. The first-order valence-electron chi connectivity index (χ1n) is 9.65. The smallest absolute Gasteiger partial charge is 0.323 e. The molecule has 0 spiro atoms. The van der Waals surface area contributed by atoms with Crippen LogP contribution >= 0.6 is 0 Å². The van der Waals surface area contributed by atoms with Crippen LogP contribution in [0.3, 0.4) is 0 Å². The molecular weight excluding hydrogens is 352 g/mol. The first-order chi connectivity index (χ1) is 13.1. The summed E-state index contributed by atoms with van der Waals surface area (Å²) in [7, 11) is 1.40. The minimum absolute atomic E-state index is 0.192. The average molecular weight is 380 g/mol. The number of methoxy groups -OCH3 is 1. The SMILES string of the molecule is COC(=O)CCc1cc2c(c(C(C)(C)C)c1)OC(=O)C2c1cccc(C)c1C. The largest absolute Gasteiger partial charge is 0.469 e. The molecule has 4 nitrogen and oxygen atoms in total. The second kappa shape index (κ2) is 7.42. The lowest BCUT2D eigenvalue weighted by atomic mass is 9.80. The zero-order valence-corrected chi connectivity index (χ0v) is 17.5. The molecule has 0 saturated heterocycles. The fraction of sp³-hybridized carbons (Fsp3) is 0.417. The van der Waals surface area contributed by atoms with E-state index in [2.05, 4.69) is 26.8 Å². The lowest BCUT2D eigenvalue weighted by Gasteiger charge is -2.23. The third kappa shape index (κ3) is 3.68. The monoisotopic (exact) mass is 380 g/mol. The summed E-state index contributed by atoms with van der Waals surface area (Å²) in [6, 6.07) is 10.1. The molecular formula is C24H28O4. The van der Waals surface area contributed by atoms with Crippen molar-refractivity contribution in [2.45, 2.75) is 58.8 Å². The lowest BCUT2D eigenvalue weighted by Crippen LogP contribution is -2.14. The highest BCUT2D eigenvalue weighted by Crippen LogP contribution is 2.46. The van der Waals surface area contributed by atoms with E-state index in [1.165, 1.54) is 7.11 Å². The number of carbonyl (C=O) groups excluding carboxylic acids is 2. The maximum atomic E-state index is 12.9. The Morgan fingerprint density at radius 1 is 1.14 bits per heavy atom. The van der Waals surface area contributed by atoms with Crippen LogP contribution in [-0.2, 0) is 26.2 Å². The van der Waals surface area contributed by atoms with Gasteiger partial charge in [0, 0.05) is 17.5 Å². The van der Waals surface area contributed by atoms with Gasteiger partial charge in [0.25, 0.3) is 0 Å². The summed E-state index contributed by atoms with van der Waals surface area (Å²) in [5.41, 5.74) is 5.95. The fourth-order valence-corrected chi connectivity index (χ4v) is 3.76. The molecule has 0 fully saturated rings. The number of benzene rings is 2. The third-order valence-electron chi connectivity index (χ3n) is 5.54. The minimum atomic E-state index is -0.436. The Kier molecular flexibility index (Phi) is 5.33. The zero-order valence-electron chi connectivity index (χ0n) is 17.5. The Morgan fingerprint density at radius 2 is 1.86 bits per heavy atom. The first kappa shape index (κ1) is 20.1. The van der Waals surface area contributed by atoms with Crippen molar-refractivity contribution in [3.05, 3.63) is 63.7 Å². The molecule has 0 N–H and O–H groups in total. The summed E-state index contributed by atoms with van der Waals surface area (Å²) in [4.78, 5) is 24.5. The highest BCUT2D eigenvalue weighted by atomic mass is 16.5. The number of aryl methyl sites for hydroxylation is 2. The Balaban J connectivity index is 2.14. The molecule has 0 radical (unpaired) electrons. The van der Waals surface area contributed by atoms with Crippen molar-refractivity contribution in [3.8, 4) is 5.75 Å². The number of hydrogen-bond acceptors (Lipinski definition) is 4. The van der Waals surface area contributed by atoms with Gasteiger partial charge >= 0.3 is 11.9 Å². The van der Waals surface area contributed by atoms with E-state index < -0.39 is 5.92 Å². The number of rotatable bonds is 4. The van der Waals surface area contributed by atoms with E-state index in [0.717, 1.165) is 33.4 Å². The Hall–Kier alpha value is -2.62. The van der Waals surface area contributed by atoms with Crippen molar-refractivity contribution in [2.24, 2.45) is 0 Å². The maximum absolute atomic E-state index is 12.9. The summed E-state index contributed by atoms with van der Waals surface area (Å²) in [6.07, 6.45) is 0.874. The van der Waals surface area contributed by atoms with Crippen LogP contribution in [0.25, 0.3) is 0 Å². The normalized spacial score (nSPS) is 15.9. The van der Waals surface area contributed by atoms with Gasteiger partial charge in [-0.05, 0) is 47.9 Å². The molecule has 0 aliphatic carbocycles. The van der Waals surface area contributed by atoms with Crippen LogP contribution in [0.15, 0.2) is 30.3 Å². The van der Waals surface area contributed by atoms with Crippen LogP contribution in [0.4, 0.5) is 0 Å². The molecule has 0 aromatic heterocycles. The van der Waals surface area contributed by atoms with E-state index in [9.17, 15) is 9.59 Å². The zero-order chi connectivity index (χ0) is 20.6. The molecule has 0 saturated carbocycles. The third-order valence-corrected chi connectivity index (χ3v) is 5.54. The van der Waals surface area contributed by atoms with Crippen molar-refractivity contribution in [1.82, 2.24) is 0 Å². The van der Waals surface area contributed by atoms with Gasteiger partial charge in [-0.25, -0.2) is 0 Å². The van der Waals surface area contributed by atoms with Crippen LogP contribution in [-0.4, -0.2) is 19.0 Å². The van der Waals surface area contributed by atoms with Crippen LogP contribution < -0.4 is 4.74 Å². The Labute approximate surface area is 166 Å². The van der Waals surface area contributed by atoms with Gasteiger partial charge in [-0.3, -0.25) is 9.59 Å². The molecule has 4 heteroatoms. The molecule has 1 unspecified atom stereocenters. The molecule has 0 amide bonds. The summed E-state index contributed by atoms with van der Waals surface area (Å²) in [5, 5.41) is 0. The van der Waals surface area contributed by atoms with E-state index >= 15 is 0 Å². The van der Waals surface area contributed by atoms with E-state index in [-0.39, 0.29) is 17.4 Å². The molecule has 28 heavy (non-hydrogen) atoms. The number of fused-ring (bicyclic) bond motifs is 1. The van der Waals surface area contributed by atoms with Crippen molar-refractivity contribution < 1.29 is 19.1 Å². The Morgan fingerprint density at radius 3 is 2.50 bits per heavy atom. The molecule has 1 aliphatic rings. The molecule has 3 rings (SSSR count). The summed E-state index contributed by atoms with van der Waals surface area (Å²) in [6.45, 7) is 10.4. The van der Waals surface area contributed by atoms with E-state index in [1.807, 2.05) is 38.1 Å². The van der Waals surface area contributed by atoms with Crippen LogP contribution in [0.5, 0.6) is 5.75 Å². The van der Waals surface area contributed by atoms with E-state index in [0.29, 0.717) is 18.6 Å². The van der Waals surface area contributed by atoms with Gasteiger partial charge in [0.05, 0.1) is 7.11 Å². The first-order valence-corrected chi connectivity index (χ1v) is 9.65. The number of esters is 2. The van der Waals surface area contributed by atoms with E-state index in [4.69, 9.17) is 9.47 Å². The fourth-order valence-electron chi connectivity index (χ4n) is 3.76. The van der Waals surface area contributed by atoms with Crippen molar-refractivity contribution in [2.75, 3.05) is 7.11 Å². The minimum Gasteiger partial charge on any atom is -0.469 e. The van der Waals surface area contributed by atoms with Gasteiger partial charge in [-0.15, -0.1) is 0 Å². The van der Waals surface area contributed by atoms with Gasteiger partial charge in [-0.1, -0.05) is 51.1 Å². The van der Waals surface area contributed by atoms with Gasteiger partial charge < -0.3 is 9.47 Å².